The van der Waals surface area contributed by atoms with Gasteiger partial charge >= 0.3 is 0 Å². The maximum absolute atomic E-state index is 11.2. The molecule has 51 heavy (non-hydrogen) atoms. The minimum atomic E-state index is 0.402. The zero-order valence-corrected chi connectivity index (χ0v) is 35.1. The average Bonchev–Trinajstić information content (AvgIpc) is 3.50. The van der Waals surface area contributed by atoms with Gasteiger partial charge in [0.05, 0.1) is 5.03 Å². The molecule has 0 fully saturated rings. The van der Waals surface area contributed by atoms with Crippen molar-refractivity contribution in [3.8, 4) is 16.9 Å². The van der Waals surface area contributed by atoms with Crippen molar-refractivity contribution in [2.45, 2.75) is 210 Å². The number of benzene rings is 2. The van der Waals surface area contributed by atoms with Gasteiger partial charge in [0.2, 0.25) is 0 Å². The highest BCUT2D eigenvalue weighted by Crippen LogP contribution is 2.43. The topological polar surface area (TPSA) is 36.0 Å². The van der Waals surface area contributed by atoms with Crippen molar-refractivity contribution in [2.24, 2.45) is 0 Å². The number of unbranched alkanes of at least 4 members (excludes halogenated alkanes) is 24. The van der Waals surface area contributed by atoms with E-state index in [1.54, 1.807) is 0 Å². The first-order valence-electron chi connectivity index (χ1n) is 21.9. The van der Waals surface area contributed by atoms with Crippen LogP contribution in [0.5, 0.6) is 5.75 Å². The largest absolute Gasteiger partial charge is 0.507 e. The second kappa shape index (κ2) is 28.9. The SMILES string of the molecule is CCCCCCCCCCCCSc1ccc2c(-c3cc(CCCCCCCCC)ccc3O)c(SCCCCCCCCCCCC)[nH]c2c1. The Kier molecular flexibility index (Phi) is 24.9. The van der Waals surface area contributed by atoms with E-state index in [0.717, 1.165) is 17.7 Å². The predicted molar refractivity (Wildman–Crippen MR) is 232 cm³/mol. The molecule has 0 saturated heterocycles. The minimum Gasteiger partial charge on any atom is -0.507 e. The lowest BCUT2D eigenvalue weighted by atomic mass is 9.98. The lowest BCUT2D eigenvalue weighted by Gasteiger charge is -2.11. The molecule has 1 heterocycles. The fraction of sp³-hybridized carbons (Fsp3) is 0.702. The van der Waals surface area contributed by atoms with Crippen LogP contribution in [0.15, 0.2) is 46.3 Å². The molecule has 0 atom stereocenters. The first-order valence-corrected chi connectivity index (χ1v) is 23.9. The molecule has 0 amide bonds. The molecule has 0 saturated carbocycles. The van der Waals surface area contributed by atoms with E-state index >= 15 is 0 Å². The lowest BCUT2D eigenvalue weighted by Crippen LogP contribution is -1.90. The summed E-state index contributed by atoms with van der Waals surface area (Å²) in [6.45, 7) is 6.88. The van der Waals surface area contributed by atoms with Crippen LogP contribution in [0.3, 0.4) is 0 Å². The van der Waals surface area contributed by atoms with Crippen molar-refractivity contribution in [1.29, 1.82) is 0 Å². The van der Waals surface area contributed by atoms with E-state index in [4.69, 9.17) is 0 Å². The first kappa shape index (κ1) is 43.9. The summed E-state index contributed by atoms with van der Waals surface area (Å²) in [6, 6.07) is 13.4. The highest BCUT2D eigenvalue weighted by atomic mass is 32.2. The molecule has 2 aromatic carbocycles. The van der Waals surface area contributed by atoms with Gasteiger partial charge in [-0.25, -0.2) is 0 Å². The van der Waals surface area contributed by atoms with Gasteiger partial charge in [-0.15, -0.1) is 23.5 Å². The summed E-state index contributed by atoms with van der Waals surface area (Å²) in [4.78, 5) is 5.20. The van der Waals surface area contributed by atoms with Crippen LogP contribution in [0.25, 0.3) is 22.0 Å². The second-order valence-electron chi connectivity index (χ2n) is 15.3. The number of aromatic amines is 1. The van der Waals surface area contributed by atoms with Gasteiger partial charge in [0.25, 0.3) is 0 Å². The Bertz CT molecular complexity index is 1280. The zero-order chi connectivity index (χ0) is 36.2. The summed E-state index contributed by atoms with van der Waals surface area (Å²) in [5.74, 6) is 2.71. The van der Waals surface area contributed by atoms with E-state index in [1.165, 1.54) is 211 Å². The summed E-state index contributed by atoms with van der Waals surface area (Å²) >= 11 is 3.97. The molecular weight excluding hydrogens is 659 g/mol. The molecule has 0 spiro atoms. The number of hydrogen-bond acceptors (Lipinski definition) is 3. The molecule has 0 aliphatic rings. The van der Waals surface area contributed by atoms with E-state index in [2.05, 4.69) is 56.1 Å². The number of phenolic OH excluding ortho intramolecular Hbond substituents is 1. The van der Waals surface area contributed by atoms with Gasteiger partial charge in [0, 0.05) is 26.9 Å². The number of thioether (sulfide) groups is 2. The molecule has 3 aromatic rings. The maximum atomic E-state index is 11.2. The predicted octanol–water partition coefficient (Wildman–Crippen LogP) is 16.9. The number of rotatable bonds is 33. The van der Waals surface area contributed by atoms with Crippen LogP contribution in [0, 0.1) is 0 Å². The van der Waals surface area contributed by atoms with Gasteiger partial charge in [-0.05, 0) is 67.0 Å². The molecule has 3 rings (SSSR count). The van der Waals surface area contributed by atoms with Crippen LogP contribution in [-0.4, -0.2) is 21.6 Å². The number of phenols is 1. The Balaban J connectivity index is 1.59. The molecule has 0 unspecified atom stereocenters. The third-order valence-electron chi connectivity index (χ3n) is 10.6. The van der Waals surface area contributed by atoms with Crippen LogP contribution in [0.2, 0.25) is 0 Å². The third kappa shape index (κ3) is 18.4. The van der Waals surface area contributed by atoms with Crippen LogP contribution >= 0.6 is 23.5 Å². The highest BCUT2D eigenvalue weighted by Gasteiger charge is 2.18. The molecule has 2 nitrogen and oxygen atoms in total. The fourth-order valence-corrected chi connectivity index (χ4v) is 9.43. The summed E-state index contributed by atoms with van der Waals surface area (Å²) in [5.41, 5.74) is 4.76. The average molecular weight is 736 g/mol. The van der Waals surface area contributed by atoms with E-state index in [1.807, 2.05) is 29.6 Å². The first-order chi connectivity index (χ1) is 25.2. The highest BCUT2D eigenvalue weighted by molar-refractivity contribution is 7.99. The van der Waals surface area contributed by atoms with Crippen molar-refractivity contribution in [1.82, 2.24) is 4.98 Å². The monoisotopic (exact) mass is 736 g/mol. The van der Waals surface area contributed by atoms with Gasteiger partial charge in [-0.3, -0.25) is 0 Å². The van der Waals surface area contributed by atoms with Crippen LogP contribution in [-0.2, 0) is 6.42 Å². The van der Waals surface area contributed by atoms with Gasteiger partial charge in [-0.2, -0.15) is 0 Å². The molecule has 0 aliphatic heterocycles. The van der Waals surface area contributed by atoms with E-state index in [0.29, 0.717) is 5.75 Å². The smallest absolute Gasteiger partial charge is 0.123 e. The van der Waals surface area contributed by atoms with Crippen LogP contribution in [0.4, 0.5) is 0 Å². The van der Waals surface area contributed by atoms with Crippen LogP contribution in [0.1, 0.15) is 200 Å². The Labute approximate surface area is 323 Å². The molecule has 0 radical (unpaired) electrons. The number of H-pyrrole nitrogens is 1. The number of aromatic nitrogens is 1. The van der Waals surface area contributed by atoms with Gasteiger partial charge in [-0.1, -0.05) is 187 Å². The Hall–Kier alpha value is -1.52. The standard InChI is InChI=1S/C47H77NOS2/c1-4-7-10-13-16-18-20-23-26-29-36-50-41-33-34-42-44(39-41)48-47(51-37-30-27-24-21-19-17-14-11-8-5-2)46(42)43-38-40(32-35-45(43)49)31-28-25-22-15-12-9-6-3/h32-35,38-39,48-49H,4-31,36-37H2,1-3H3. The minimum absolute atomic E-state index is 0.402. The summed E-state index contributed by atoms with van der Waals surface area (Å²) in [6.07, 6.45) is 37.9. The number of hydrogen-bond donors (Lipinski definition) is 2. The molecule has 4 heteroatoms. The molecular formula is C47H77NOS2. The van der Waals surface area contributed by atoms with Crippen molar-refractivity contribution in [2.75, 3.05) is 11.5 Å². The summed E-state index contributed by atoms with van der Waals surface area (Å²) < 4.78 is 0. The molecule has 0 aliphatic carbocycles. The third-order valence-corrected chi connectivity index (χ3v) is 12.8. The van der Waals surface area contributed by atoms with Gasteiger partial charge in [0.1, 0.15) is 5.75 Å². The molecule has 288 valence electrons. The number of aryl methyl sites for hydroxylation is 1. The van der Waals surface area contributed by atoms with Gasteiger partial charge in [0.15, 0.2) is 0 Å². The zero-order valence-electron chi connectivity index (χ0n) is 33.4. The van der Waals surface area contributed by atoms with E-state index < -0.39 is 0 Å². The Morgan fingerprint density at radius 3 is 1.49 bits per heavy atom. The summed E-state index contributed by atoms with van der Waals surface area (Å²) in [7, 11) is 0. The molecule has 0 bridgehead atoms. The van der Waals surface area contributed by atoms with Crippen molar-refractivity contribution in [3.05, 3.63) is 42.0 Å². The Morgan fingerprint density at radius 1 is 0.490 bits per heavy atom. The maximum Gasteiger partial charge on any atom is 0.123 e. The lowest BCUT2D eigenvalue weighted by molar-refractivity contribution is 0.477. The van der Waals surface area contributed by atoms with E-state index in [9.17, 15) is 5.11 Å². The van der Waals surface area contributed by atoms with Crippen molar-refractivity contribution in [3.63, 3.8) is 0 Å². The number of nitrogens with one attached hydrogen (secondary N) is 1. The van der Waals surface area contributed by atoms with Crippen molar-refractivity contribution >= 4 is 34.4 Å². The fourth-order valence-electron chi connectivity index (χ4n) is 7.39. The normalized spacial score (nSPS) is 11.7. The molecule has 2 N–H and O–H groups in total. The summed E-state index contributed by atoms with van der Waals surface area (Å²) in [5, 5.41) is 13.7. The molecule has 1 aromatic heterocycles. The van der Waals surface area contributed by atoms with E-state index in [-0.39, 0.29) is 0 Å². The van der Waals surface area contributed by atoms with Crippen LogP contribution < -0.4 is 0 Å². The van der Waals surface area contributed by atoms with Gasteiger partial charge < -0.3 is 10.1 Å². The number of aromatic hydroxyl groups is 1. The Morgan fingerprint density at radius 2 is 0.961 bits per heavy atom. The number of fused-ring (bicyclic) bond motifs is 1. The van der Waals surface area contributed by atoms with Crippen molar-refractivity contribution < 1.29 is 5.11 Å². The second-order valence-corrected chi connectivity index (χ2v) is 17.6. The quantitative estimate of drug-likeness (QED) is 0.0483.